The molecule has 0 aromatic carbocycles. The van der Waals surface area contributed by atoms with Crippen LogP contribution in [0.25, 0.3) is 0 Å². The lowest BCUT2D eigenvalue weighted by Crippen LogP contribution is -2.29. The predicted octanol–water partition coefficient (Wildman–Crippen LogP) is -0.645. The molecule has 4 N–H and O–H groups in total. The number of aromatic nitrogens is 1. The number of nitrogens with zero attached hydrogens (tertiary/aromatic N) is 1. The second-order valence-electron chi connectivity index (χ2n) is 3.43. The Morgan fingerprint density at radius 1 is 1.44 bits per heavy atom. The number of hydrogen-bond acceptors (Lipinski definition) is 5. The highest BCUT2D eigenvalue weighted by atomic mass is 16.5. The van der Waals surface area contributed by atoms with Gasteiger partial charge in [-0.1, -0.05) is 6.07 Å². The summed E-state index contributed by atoms with van der Waals surface area (Å²) in [5.41, 5.74) is 5.21. The van der Waals surface area contributed by atoms with Gasteiger partial charge >= 0.3 is 0 Å². The molecule has 1 aromatic rings. The summed E-state index contributed by atoms with van der Waals surface area (Å²) in [4.78, 5) is 26.1. The van der Waals surface area contributed by atoms with Gasteiger partial charge in [0.05, 0.1) is 6.61 Å². The molecule has 0 atom stereocenters. The Kier molecular flexibility index (Phi) is 5.59. The van der Waals surface area contributed by atoms with Crippen LogP contribution in [0.2, 0.25) is 0 Å². The van der Waals surface area contributed by atoms with Crippen molar-refractivity contribution in [3.8, 4) is 0 Å². The van der Waals surface area contributed by atoms with Crippen LogP contribution in [0.4, 0.5) is 5.82 Å². The van der Waals surface area contributed by atoms with Gasteiger partial charge in [-0.2, -0.15) is 0 Å². The van der Waals surface area contributed by atoms with Crippen molar-refractivity contribution in [1.29, 1.82) is 0 Å². The van der Waals surface area contributed by atoms with Crippen LogP contribution in [0.1, 0.15) is 10.5 Å². The number of nitrogens with one attached hydrogen (secondary N) is 2. The summed E-state index contributed by atoms with van der Waals surface area (Å²) < 4.78 is 4.90. The van der Waals surface area contributed by atoms with Gasteiger partial charge in [0.15, 0.2) is 0 Å². The van der Waals surface area contributed by atoms with Crippen molar-refractivity contribution in [2.45, 2.75) is 0 Å². The molecule has 2 amide bonds. The molecule has 7 nitrogen and oxygen atoms in total. The van der Waals surface area contributed by atoms with E-state index in [4.69, 9.17) is 10.5 Å². The Morgan fingerprint density at radius 3 is 2.89 bits per heavy atom. The number of amides is 2. The Balaban J connectivity index is 2.33. The number of hydrogen-bond donors (Lipinski definition) is 3. The largest absolute Gasteiger partial charge is 0.373 e. The summed E-state index contributed by atoms with van der Waals surface area (Å²) in [5, 5.41) is 5.46. The summed E-state index contributed by atoms with van der Waals surface area (Å²) >= 11 is 0. The van der Waals surface area contributed by atoms with Gasteiger partial charge in [-0.05, 0) is 12.1 Å². The molecular weight excluding hydrogens is 236 g/mol. The zero-order valence-electron chi connectivity index (χ0n) is 10.1. The number of carbonyl (C=O) groups excluding carboxylic acids is 2. The topological polar surface area (TPSA) is 106 Å². The van der Waals surface area contributed by atoms with E-state index in [1.165, 1.54) is 0 Å². The average Bonchev–Trinajstić information content (AvgIpc) is 2.37. The van der Waals surface area contributed by atoms with E-state index >= 15 is 0 Å². The average molecular weight is 252 g/mol. The van der Waals surface area contributed by atoms with Crippen LogP contribution in [-0.2, 0) is 9.53 Å². The summed E-state index contributed by atoms with van der Waals surface area (Å²) in [5.74, 6) is -0.216. The Bertz CT molecular complexity index is 423. The molecule has 1 aromatic heterocycles. The first-order valence-corrected chi connectivity index (χ1v) is 5.42. The zero-order chi connectivity index (χ0) is 13.4. The van der Waals surface area contributed by atoms with Crippen molar-refractivity contribution in [2.24, 2.45) is 5.73 Å². The molecule has 98 valence electrons. The molecule has 0 saturated heterocycles. The van der Waals surface area contributed by atoms with Crippen LogP contribution in [0.5, 0.6) is 0 Å². The molecule has 0 fully saturated rings. The van der Waals surface area contributed by atoms with Gasteiger partial charge in [-0.25, -0.2) is 4.98 Å². The van der Waals surface area contributed by atoms with Gasteiger partial charge in [0.2, 0.25) is 5.91 Å². The fourth-order valence-electron chi connectivity index (χ4n) is 1.20. The number of primary amides is 1. The standard InChI is InChI=1S/C11H16N4O3/c1-13-10-4-2-3-8(15-10)11(17)14-5-6-18-7-9(12)16/h2-4H,5-7H2,1H3,(H2,12,16)(H,13,15)(H,14,17). The third-order valence-electron chi connectivity index (χ3n) is 2.01. The Morgan fingerprint density at radius 2 is 2.22 bits per heavy atom. The molecule has 18 heavy (non-hydrogen) atoms. The van der Waals surface area contributed by atoms with E-state index in [2.05, 4.69) is 15.6 Å². The first-order valence-electron chi connectivity index (χ1n) is 5.42. The normalized spacial score (nSPS) is 9.83. The number of nitrogens with two attached hydrogens (primary N) is 1. The lowest BCUT2D eigenvalue weighted by atomic mass is 10.3. The van der Waals surface area contributed by atoms with Crippen LogP contribution in [0, 0.1) is 0 Å². The van der Waals surface area contributed by atoms with Crippen molar-refractivity contribution in [3.63, 3.8) is 0 Å². The fraction of sp³-hybridized carbons (Fsp3) is 0.364. The molecule has 7 heteroatoms. The minimum atomic E-state index is -0.537. The quantitative estimate of drug-likeness (QED) is 0.559. The van der Waals surface area contributed by atoms with E-state index in [1.807, 2.05) is 0 Å². The van der Waals surface area contributed by atoms with Crippen LogP contribution >= 0.6 is 0 Å². The molecule has 1 heterocycles. The minimum absolute atomic E-state index is 0.149. The molecule has 0 radical (unpaired) electrons. The molecule has 0 aliphatic carbocycles. The van der Waals surface area contributed by atoms with E-state index in [0.29, 0.717) is 11.5 Å². The van der Waals surface area contributed by atoms with Gasteiger partial charge in [0.1, 0.15) is 18.1 Å². The maximum absolute atomic E-state index is 11.7. The third-order valence-corrected chi connectivity index (χ3v) is 2.01. The number of ether oxygens (including phenoxy) is 1. The molecule has 0 unspecified atom stereocenters. The lowest BCUT2D eigenvalue weighted by molar-refractivity contribution is -0.122. The van der Waals surface area contributed by atoms with Gasteiger partial charge in [0.25, 0.3) is 5.91 Å². The molecular formula is C11H16N4O3. The lowest BCUT2D eigenvalue weighted by Gasteiger charge is -2.06. The van der Waals surface area contributed by atoms with Crippen LogP contribution in [0.3, 0.4) is 0 Å². The molecule has 0 saturated carbocycles. The highest BCUT2D eigenvalue weighted by Crippen LogP contribution is 2.03. The van der Waals surface area contributed by atoms with E-state index < -0.39 is 5.91 Å². The fourth-order valence-corrected chi connectivity index (χ4v) is 1.20. The Hall–Kier alpha value is -2.15. The van der Waals surface area contributed by atoms with Crippen molar-refractivity contribution in [1.82, 2.24) is 10.3 Å². The van der Waals surface area contributed by atoms with Gasteiger partial charge < -0.3 is 21.1 Å². The number of rotatable bonds is 7. The van der Waals surface area contributed by atoms with Crippen molar-refractivity contribution >= 4 is 17.6 Å². The highest BCUT2D eigenvalue weighted by molar-refractivity contribution is 5.92. The monoisotopic (exact) mass is 252 g/mol. The van der Waals surface area contributed by atoms with E-state index in [0.717, 1.165) is 0 Å². The first-order chi connectivity index (χ1) is 8.63. The SMILES string of the molecule is CNc1cccc(C(=O)NCCOCC(N)=O)n1. The maximum atomic E-state index is 11.7. The zero-order valence-corrected chi connectivity index (χ0v) is 10.1. The van der Waals surface area contributed by atoms with E-state index in [1.54, 1.807) is 25.2 Å². The maximum Gasteiger partial charge on any atom is 0.270 e. The second-order valence-corrected chi connectivity index (χ2v) is 3.43. The summed E-state index contributed by atoms with van der Waals surface area (Å²) in [6.07, 6.45) is 0. The molecule has 0 spiro atoms. The van der Waals surface area contributed by atoms with E-state index in [-0.39, 0.29) is 25.7 Å². The number of pyridine rings is 1. The summed E-state index contributed by atoms with van der Waals surface area (Å²) in [6, 6.07) is 5.10. The third kappa shape index (κ3) is 4.79. The summed E-state index contributed by atoms with van der Waals surface area (Å²) in [6.45, 7) is 0.362. The molecule has 0 aliphatic rings. The van der Waals surface area contributed by atoms with Crippen molar-refractivity contribution < 1.29 is 14.3 Å². The van der Waals surface area contributed by atoms with Gasteiger partial charge in [-0.3, -0.25) is 9.59 Å². The van der Waals surface area contributed by atoms with Crippen LogP contribution in [0.15, 0.2) is 18.2 Å². The van der Waals surface area contributed by atoms with Crippen molar-refractivity contribution in [2.75, 3.05) is 32.1 Å². The Labute approximate surface area is 105 Å². The van der Waals surface area contributed by atoms with Crippen LogP contribution < -0.4 is 16.4 Å². The van der Waals surface area contributed by atoms with Crippen molar-refractivity contribution in [3.05, 3.63) is 23.9 Å². The highest BCUT2D eigenvalue weighted by Gasteiger charge is 2.06. The summed E-state index contributed by atoms with van der Waals surface area (Å²) in [7, 11) is 1.72. The van der Waals surface area contributed by atoms with Crippen LogP contribution in [-0.4, -0.2) is 43.6 Å². The molecule has 1 rings (SSSR count). The number of carbonyl (C=O) groups is 2. The predicted molar refractivity (Wildman–Crippen MR) is 66.1 cm³/mol. The minimum Gasteiger partial charge on any atom is -0.373 e. The smallest absolute Gasteiger partial charge is 0.270 e. The van der Waals surface area contributed by atoms with E-state index in [9.17, 15) is 9.59 Å². The van der Waals surface area contributed by atoms with Gasteiger partial charge in [0, 0.05) is 13.6 Å². The second kappa shape index (κ2) is 7.23. The number of anilines is 1. The molecule has 0 aliphatic heterocycles. The molecule has 0 bridgehead atoms. The van der Waals surface area contributed by atoms with Gasteiger partial charge in [-0.15, -0.1) is 0 Å². The first kappa shape index (κ1) is 13.9.